The Hall–Kier alpha value is -1.22. The number of carboxylic acids is 2. The normalized spacial score (nSPS) is 8.62. The molecule has 0 spiro atoms. The molecular formula is C8H6O4Zn. The van der Waals surface area contributed by atoms with Crippen LogP contribution < -0.4 is 0 Å². The standard InChI is InChI=1S/C8H6O4.Zn/c9-7(10)5-3-1-2-4-6(5)8(11)12;/h1-4H,(H,9,10)(H,11,12);. The van der Waals surface area contributed by atoms with E-state index in [0.29, 0.717) is 0 Å². The van der Waals surface area contributed by atoms with E-state index in [9.17, 15) is 9.59 Å². The fourth-order valence-electron chi connectivity index (χ4n) is 0.856. The largest absolute Gasteiger partial charge is 0.478 e. The van der Waals surface area contributed by atoms with E-state index in [2.05, 4.69) is 0 Å². The van der Waals surface area contributed by atoms with E-state index in [-0.39, 0.29) is 30.6 Å². The quantitative estimate of drug-likeness (QED) is 0.747. The molecule has 5 heteroatoms. The first-order chi connectivity index (χ1) is 5.63. The summed E-state index contributed by atoms with van der Waals surface area (Å²) in [5, 5.41) is 17.1. The van der Waals surface area contributed by atoms with Crippen molar-refractivity contribution in [3.05, 3.63) is 35.4 Å². The third-order valence-electron chi connectivity index (χ3n) is 1.39. The van der Waals surface area contributed by atoms with E-state index in [0.717, 1.165) is 0 Å². The molecule has 0 unspecified atom stereocenters. The van der Waals surface area contributed by atoms with Gasteiger partial charge in [0, 0.05) is 19.5 Å². The smallest absolute Gasteiger partial charge is 0.336 e. The zero-order chi connectivity index (χ0) is 9.14. The number of hydrogen-bond acceptors (Lipinski definition) is 2. The first kappa shape index (κ1) is 11.8. The monoisotopic (exact) mass is 230 g/mol. The van der Waals surface area contributed by atoms with Crippen LogP contribution in [0.4, 0.5) is 0 Å². The minimum Gasteiger partial charge on any atom is -0.478 e. The Balaban J connectivity index is 0.00000144. The molecular weight excluding hydrogens is 225 g/mol. The Labute approximate surface area is 87.0 Å². The summed E-state index contributed by atoms with van der Waals surface area (Å²) >= 11 is 0. The molecule has 2 N–H and O–H groups in total. The molecule has 0 bridgehead atoms. The summed E-state index contributed by atoms with van der Waals surface area (Å²) in [6.45, 7) is 0. The first-order valence-corrected chi connectivity index (χ1v) is 3.18. The van der Waals surface area contributed by atoms with Crippen LogP contribution in [0.5, 0.6) is 0 Å². The molecule has 0 saturated heterocycles. The van der Waals surface area contributed by atoms with E-state index in [1.807, 2.05) is 0 Å². The third-order valence-corrected chi connectivity index (χ3v) is 1.39. The molecule has 0 radical (unpaired) electrons. The molecule has 0 heterocycles. The second-order valence-electron chi connectivity index (χ2n) is 2.16. The summed E-state index contributed by atoms with van der Waals surface area (Å²) < 4.78 is 0. The van der Waals surface area contributed by atoms with Crippen molar-refractivity contribution < 1.29 is 39.3 Å². The average molecular weight is 232 g/mol. The SMILES string of the molecule is O=C(O)c1ccccc1C(=O)O.[Zn]. The van der Waals surface area contributed by atoms with Crippen LogP contribution >= 0.6 is 0 Å². The number of aromatic carboxylic acids is 2. The van der Waals surface area contributed by atoms with Gasteiger partial charge in [-0.1, -0.05) is 12.1 Å². The minimum absolute atomic E-state index is 0. The van der Waals surface area contributed by atoms with E-state index < -0.39 is 11.9 Å². The Morgan fingerprint density at radius 2 is 1.23 bits per heavy atom. The van der Waals surface area contributed by atoms with Gasteiger partial charge in [-0.05, 0) is 12.1 Å². The molecule has 4 nitrogen and oxygen atoms in total. The number of benzene rings is 1. The molecule has 64 valence electrons. The van der Waals surface area contributed by atoms with Gasteiger partial charge in [0.05, 0.1) is 11.1 Å². The Morgan fingerprint density at radius 3 is 1.46 bits per heavy atom. The average Bonchev–Trinajstić information content (AvgIpc) is 2.04. The number of carboxylic acid groups (broad SMARTS) is 2. The molecule has 1 aromatic carbocycles. The maximum absolute atomic E-state index is 10.5. The van der Waals surface area contributed by atoms with Crippen LogP contribution in [0.15, 0.2) is 24.3 Å². The van der Waals surface area contributed by atoms with Crippen molar-refractivity contribution >= 4 is 11.9 Å². The summed E-state index contributed by atoms with van der Waals surface area (Å²) in [5.41, 5.74) is -0.380. The Kier molecular flexibility index (Phi) is 4.28. The van der Waals surface area contributed by atoms with E-state index in [4.69, 9.17) is 10.2 Å². The molecule has 1 aromatic rings. The summed E-state index contributed by atoms with van der Waals surface area (Å²) in [6, 6.07) is 5.48. The predicted octanol–water partition coefficient (Wildman–Crippen LogP) is 1.08. The minimum atomic E-state index is -1.23. The van der Waals surface area contributed by atoms with Gasteiger partial charge < -0.3 is 10.2 Å². The summed E-state index contributed by atoms with van der Waals surface area (Å²) in [7, 11) is 0. The van der Waals surface area contributed by atoms with Gasteiger partial charge in [-0.2, -0.15) is 0 Å². The molecule has 0 aliphatic rings. The molecule has 0 fully saturated rings. The summed E-state index contributed by atoms with van der Waals surface area (Å²) in [6.07, 6.45) is 0. The number of rotatable bonds is 2. The molecule has 1 rings (SSSR count). The maximum Gasteiger partial charge on any atom is 0.336 e. The van der Waals surface area contributed by atoms with Gasteiger partial charge in [0.1, 0.15) is 0 Å². The Morgan fingerprint density at radius 1 is 0.923 bits per heavy atom. The van der Waals surface area contributed by atoms with Crippen molar-refractivity contribution in [3.8, 4) is 0 Å². The van der Waals surface area contributed by atoms with Gasteiger partial charge in [-0.15, -0.1) is 0 Å². The summed E-state index contributed by atoms with van der Waals surface area (Å²) in [5.74, 6) is -2.46. The topological polar surface area (TPSA) is 74.6 Å². The molecule has 0 atom stereocenters. The van der Waals surface area contributed by atoms with Crippen molar-refractivity contribution in [1.29, 1.82) is 0 Å². The zero-order valence-electron chi connectivity index (χ0n) is 6.73. The van der Waals surface area contributed by atoms with Crippen LogP contribution in [0.3, 0.4) is 0 Å². The van der Waals surface area contributed by atoms with Gasteiger partial charge in [0.15, 0.2) is 0 Å². The molecule has 0 aromatic heterocycles. The molecule has 0 aliphatic heterocycles. The van der Waals surface area contributed by atoms with Crippen molar-refractivity contribution in [2.24, 2.45) is 0 Å². The molecule has 0 amide bonds. The van der Waals surface area contributed by atoms with Gasteiger partial charge in [0.25, 0.3) is 0 Å². The van der Waals surface area contributed by atoms with Crippen molar-refractivity contribution in [2.75, 3.05) is 0 Å². The third kappa shape index (κ3) is 2.63. The van der Waals surface area contributed by atoms with E-state index >= 15 is 0 Å². The summed E-state index contributed by atoms with van der Waals surface area (Å²) in [4.78, 5) is 20.9. The molecule has 0 saturated carbocycles. The van der Waals surface area contributed by atoms with E-state index in [1.165, 1.54) is 24.3 Å². The van der Waals surface area contributed by atoms with Crippen molar-refractivity contribution in [3.63, 3.8) is 0 Å². The van der Waals surface area contributed by atoms with Crippen LogP contribution in [-0.4, -0.2) is 22.2 Å². The second kappa shape index (κ2) is 4.72. The first-order valence-electron chi connectivity index (χ1n) is 3.18. The van der Waals surface area contributed by atoms with Gasteiger partial charge in [-0.3, -0.25) is 0 Å². The van der Waals surface area contributed by atoms with Gasteiger partial charge >= 0.3 is 11.9 Å². The van der Waals surface area contributed by atoms with Crippen LogP contribution in [0, 0.1) is 0 Å². The van der Waals surface area contributed by atoms with Gasteiger partial charge in [0.2, 0.25) is 0 Å². The zero-order valence-corrected chi connectivity index (χ0v) is 9.69. The number of carbonyl (C=O) groups is 2. The molecule has 13 heavy (non-hydrogen) atoms. The van der Waals surface area contributed by atoms with Crippen molar-refractivity contribution in [1.82, 2.24) is 0 Å². The molecule has 0 aliphatic carbocycles. The van der Waals surface area contributed by atoms with Gasteiger partial charge in [-0.25, -0.2) is 9.59 Å². The van der Waals surface area contributed by atoms with Crippen LogP contribution in [0.2, 0.25) is 0 Å². The van der Waals surface area contributed by atoms with Crippen molar-refractivity contribution in [2.45, 2.75) is 0 Å². The van der Waals surface area contributed by atoms with Crippen LogP contribution in [0.25, 0.3) is 0 Å². The predicted molar refractivity (Wildman–Crippen MR) is 40.4 cm³/mol. The Bertz CT molecular complexity index is 302. The van der Waals surface area contributed by atoms with Crippen LogP contribution in [0.1, 0.15) is 20.7 Å². The fourth-order valence-corrected chi connectivity index (χ4v) is 0.856. The fraction of sp³-hybridized carbons (Fsp3) is 0. The second-order valence-corrected chi connectivity index (χ2v) is 2.16. The van der Waals surface area contributed by atoms with Crippen LogP contribution in [-0.2, 0) is 19.5 Å². The van der Waals surface area contributed by atoms with E-state index in [1.54, 1.807) is 0 Å². The maximum atomic E-state index is 10.5. The number of hydrogen-bond donors (Lipinski definition) is 2.